The van der Waals surface area contributed by atoms with E-state index in [4.69, 9.17) is 27.6 Å². The SMILES string of the molecule is COC(=O)c1ccc(NC(=O)c2oc3c(c2C)/C(=N/NC(=O)c2ccc(Cl)cc2Cl)CCC3)cc1. The van der Waals surface area contributed by atoms with Crippen LogP contribution in [0, 0.1) is 6.92 Å². The van der Waals surface area contributed by atoms with Crippen LogP contribution in [0.5, 0.6) is 0 Å². The Morgan fingerprint density at radius 2 is 1.77 bits per heavy atom. The molecule has 3 aromatic rings. The summed E-state index contributed by atoms with van der Waals surface area (Å²) in [5, 5.41) is 7.72. The summed E-state index contributed by atoms with van der Waals surface area (Å²) in [5.41, 5.74) is 5.61. The van der Waals surface area contributed by atoms with Crippen LogP contribution in [0.1, 0.15) is 61.0 Å². The zero-order chi connectivity index (χ0) is 25.1. The van der Waals surface area contributed by atoms with Gasteiger partial charge in [0.15, 0.2) is 5.76 Å². The Kier molecular flexibility index (Phi) is 7.23. The highest BCUT2D eigenvalue weighted by molar-refractivity contribution is 6.36. The molecule has 1 heterocycles. The highest BCUT2D eigenvalue weighted by Gasteiger charge is 2.28. The number of aryl methyl sites for hydroxylation is 1. The van der Waals surface area contributed by atoms with Gasteiger partial charge in [0.1, 0.15) is 5.76 Å². The zero-order valence-corrected chi connectivity index (χ0v) is 20.4. The first-order chi connectivity index (χ1) is 16.8. The summed E-state index contributed by atoms with van der Waals surface area (Å²) in [6.45, 7) is 1.77. The number of ether oxygens (including phenoxy) is 1. The standard InChI is InChI=1S/C25H21Cl2N3O5/c1-13-21-19(29-30-23(31)17-11-8-15(26)12-18(17)27)4-3-5-20(21)35-22(13)24(32)28-16-9-6-14(7-10-16)25(33)34-2/h6-12H,3-5H2,1-2H3,(H,28,32)(H,30,31)/b29-19+. The van der Waals surface area contributed by atoms with E-state index in [0.29, 0.717) is 51.7 Å². The van der Waals surface area contributed by atoms with Gasteiger partial charge < -0.3 is 14.5 Å². The summed E-state index contributed by atoms with van der Waals surface area (Å²) < 4.78 is 10.6. The van der Waals surface area contributed by atoms with Gasteiger partial charge in [-0.25, -0.2) is 10.2 Å². The van der Waals surface area contributed by atoms with E-state index in [1.807, 2.05) is 0 Å². The second-order valence-corrected chi connectivity index (χ2v) is 8.70. The van der Waals surface area contributed by atoms with Gasteiger partial charge in [0.25, 0.3) is 11.8 Å². The van der Waals surface area contributed by atoms with Crippen molar-refractivity contribution in [2.75, 3.05) is 12.4 Å². The topological polar surface area (TPSA) is 110 Å². The average molecular weight is 514 g/mol. The monoisotopic (exact) mass is 513 g/mol. The number of hydrogen-bond acceptors (Lipinski definition) is 6. The van der Waals surface area contributed by atoms with E-state index in [1.165, 1.54) is 19.2 Å². The fourth-order valence-corrected chi connectivity index (χ4v) is 4.34. The summed E-state index contributed by atoms with van der Waals surface area (Å²) in [4.78, 5) is 37.1. The molecule has 35 heavy (non-hydrogen) atoms. The predicted molar refractivity (Wildman–Crippen MR) is 133 cm³/mol. The van der Waals surface area contributed by atoms with Crippen LogP contribution in [0.25, 0.3) is 0 Å². The fraction of sp³-hybridized carbons (Fsp3) is 0.200. The van der Waals surface area contributed by atoms with Crippen molar-refractivity contribution in [3.05, 3.63) is 86.3 Å². The van der Waals surface area contributed by atoms with Crippen molar-refractivity contribution in [2.45, 2.75) is 26.2 Å². The number of methoxy groups -OCH3 is 1. The third-order valence-electron chi connectivity index (χ3n) is 5.56. The molecule has 2 N–H and O–H groups in total. The number of hydrogen-bond donors (Lipinski definition) is 2. The van der Waals surface area contributed by atoms with E-state index in [2.05, 4.69) is 20.6 Å². The van der Waals surface area contributed by atoms with Gasteiger partial charge in [-0.2, -0.15) is 5.10 Å². The van der Waals surface area contributed by atoms with Crippen molar-refractivity contribution in [2.24, 2.45) is 5.10 Å². The lowest BCUT2D eigenvalue weighted by Crippen LogP contribution is -2.22. The van der Waals surface area contributed by atoms with Crippen molar-refractivity contribution < 1.29 is 23.5 Å². The van der Waals surface area contributed by atoms with Crippen molar-refractivity contribution in [1.82, 2.24) is 5.43 Å². The van der Waals surface area contributed by atoms with Crippen molar-refractivity contribution in [1.29, 1.82) is 0 Å². The predicted octanol–water partition coefficient (Wildman–Crippen LogP) is 5.40. The minimum absolute atomic E-state index is 0.161. The van der Waals surface area contributed by atoms with Gasteiger partial charge in [-0.1, -0.05) is 23.2 Å². The Labute approximate surface area is 211 Å². The average Bonchev–Trinajstić information content (AvgIpc) is 3.19. The van der Waals surface area contributed by atoms with Gasteiger partial charge in [-0.05, 0) is 62.2 Å². The highest BCUT2D eigenvalue weighted by atomic mass is 35.5. The quantitative estimate of drug-likeness (QED) is 0.350. The molecule has 8 nitrogen and oxygen atoms in total. The number of carbonyl (C=O) groups is 3. The van der Waals surface area contributed by atoms with Crippen LogP contribution >= 0.6 is 23.2 Å². The fourth-order valence-electron chi connectivity index (χ4n) is 3.84. The summed E-state index contributed by atoms with van der Waals surface area (Å²) in [5.74, 6) is -0.569. The first kappa shape index (κ1) is 24.5. The summed E-state index contributed by atoms with van der Waals surface area (Å²) in [7, 11) is 1.30. The largest absolute Gasteiger partial charge is 0.465 e. The van der Waals surface area contributed by atoms with Crippen LogP contribution in [-0.2, 0) is 11.2 Å². The molecule has 0 aliphatic heterocycles. The molecule has 0 spiro atoms. The summed E-state index contributed by atoms with van der Waals surface area (Å²) in [6, 6.07) is 10.9. The Hall–Kier alpha value is -3.62. The molecule has 0 saturated heterocycles. The van der Waals surface area contributed by atoms with E-state index in [1.54, 1.807) is 37.3 Å². The summed E-state index contributed by atoms with van der Waals surface area (Å²) in [6.07, 6.45) is 2.01. The number of nitrogens with zero attached hydrogens (tertiary/aromatic N) is 1. The van der Waals surface area contributed by atoms with E-state index in [9.17, 15) is 14.4 Å². The number of rotatable bonds is 5. The Morgan fingerprint density at radius 1 is 1.03 bits per heavy atom. The van der Waals surface area contributed by atoms with Crippen LogP contribution in [0.2, 0.25) is 10.0 Å². The first-order valence-electron chi connectivity index (χ1n) is 10.7. The number of hydrazone groups is 1. The maximum Gasteiger partial charge on any atom is 0.337 e. The van der Waals surface area contributed by atoms with Crippen LogP contribution < -0.4 is 10.7 Å². The number of benzene rings is 2. The molecule has 0 bridgehead atoms. The minimum Gasteiger partial charge on any atom is -0.465 e. The van der Waals surface area contributed by atoms with Crippen LogP contribution in [0.3, 0.4) is 0 Å². The molecule has 0 saturated carbocycles. The third-order valence-corrected chi connectivity index (χ3v) is 6.11. The lowest BCUT2D eigenvalue weighted by molar-refractivity contribution is 0.0600. The molecule has 1 aliphatic rings. The second kappa shape index (κ2) is 10.3. The molecule has 2 amide bonds. The van der Waals surface area contributed by atoms with Gasteiger partial charge in [-0.3, -0.25) is 9.59 Å². The Morgan fingerprint density at radius 3 is 2.46 bits per heavy atom. The van der Waals surface area contributed by atoms with Gasteiger partial charge in [0, 0.05) is 28.3 Å². The van der Waals surface area contributed by atoms with Crippen LogP contribution in [-0.4, -0.2) is 30.6 Å². The number of fused-ring (bicyclic) bond motifs is 1. The number of furan rings is 1. The molecule has 10 heteroatoms. The van der Waals surface area contributed by atoms with Gasteiger partial charge >= 0.3 is 5.97 Å². The molecule has 180 valence electrons. The van der Waals surface area contributed by atoms with Crippen LogP contribution in [0.4, 0.5) is 5.69 Å². The number of halogens is 2. The maximum absolute atomic E-state index is 12.9. The number of esters is 1. The lowest BCUT2D eigenvalue weighted by Gasteiger charge is -2.13. The van der Waals surface area contributed by atoms with Crippen molar-refractivity contribution in [3.63, 3.8) is 0 Å². The van der Waals surface area contributed by atoms with E-state index >= 15 is 0 Å². The molecule has 0 atom stereocenters. The molecule has 2 aromatic carbocycles. The molecule has 0 fully saturated rings. The van der Waals surface area contributed by atoms with Crippen molar-refractivity contribution in [3.8, 4) is 0 Å². The molecule has 1 aliphatic carbocycles. The number of nitrogens with one attached hydrogen (secondary N) is 2. The van der Waals surface area contributed by atoms with Crippen LogP contribution in [0.15, 0.2) is 52.0 Å². The Bertz CT molecular complexity index is 1350. The lowest BCUT2D eigenvalue weighted by atomic mass is 9.93. The van der Waals surface area contributed by atoms with Gasteiger partial charge in [-0.15, -0.1) is 0 Å². The minimum atomic E-state index is -0.471. The van der Waals surface area contributed by atoms with Gasteiger partial charge in [0.2, 0.25) is 0 Å². The third kappa shape index (κ3) is 5.23. The molecular weight excluding hydrogens is 493 g/mol. The molecule has 4 rings (SSSR count). The second-order valence-electron chi connectivity index (χ2n) is 7.85. The summed E-state index contributed by atoms with van der Waals surface area (Å²) >= 11 is 12.0. The zero-order valence-electron chi connectivity index (χ0n) is 18.9. The molecule has 0 unspecified atom stereocenters. The smallest absolute Gasteiger partial charge is 0.337 e. The van der Waals surface area contributed by atoms with E-state index < -0.39 is 17.8 Å². The number of anilines is 1. The number of carbonyl (C=O) groups excluding carboxylic acids is 3. The number of amides is 2. The van der Waals surface area contributed by atoms with Gasteiger partial charge in [0.05, 0.1) is 29.0 Å². The molecule has 0 radical (unpaired) electrons. The van der Waals surface area contributed by atoms with E-state index in [0.717, 1.165) is 6.42 Å². The van der Waals surface area contributed by atoms with Crippen molar-refractivity contribution >= 4 is 52.4 Å². The first-order valence-corrected chi connectivity index (χ1v) is 11.5. The normalized spacial score (nSPS) is 13.8. The molecular formula is C25H21Cl2N3O5. The Balaban J connectivity index is 1.53. The maximum atomic E-state index is 12.9. The highest BCUT2D eigenvalue weighted by Crippen LogP contribution is 2.30. The van der Waals surface area contributed by atoms with E-state index in [-0.39, 0.29) is 16.3 Å². The molecule has 1 aromatic heterocycles.